The van der Waals surface area contributed by atoms with Crippen LogP contribution in [0.4, 0.5) is 0 Å². The maximum Gasteiger partial charge on any atom is 0.237 e. The van der Waals surface area contributed by atoms with Crippen LogP contribution in [-0.2, 0) is 4.79 Å². The molecule has 0 bridgehead atoms. The molecule has 0 radical (unpaired) electrons. The summed E-state index contributed by atoms with van der Waals surface area (Å²) in [5, 5.41) is 6.10. The molecule has 0 aliphatic carbocycles. The fourth-order valence-corrected chi connectivity index (χ4v) is 1.42. The van der Waals surface area contributed by atoms with E-state index in [0.717, 1.165) is 38.8 Å². The molecule has 1 fully saturated rings. The van der Waals surface area contributed by atoms with E-state index in [1.807, 2.05) is 0 Å². The van der Waals surface area contributed by atoms with Gasteiger partial charge in [-0.05, 0) is 25.8 Å². The summed E-state index contributed by atoms with van der Waals surface area (Å²) >= 11 is 0. The van der Waals surface area contributed by atoms with Crippen LogP contribution in [0.15, 0.2) is 0 Å². The highest BCUT2D eigenvalue weighted by molar-refractivity contribution is 5.81. The summed E-state index contributed by atoms with van der Waals surface area (Å²) in [5.41, 5.74) is 0. The zero-order valence-corrected chi connectivity index (χ0v) is 7.73. The van der Waals surface area contributed by atoms with Crippen LogP contribution in [0.3, 0.4) is 0 Å². The Hall–Kier alpha value is -0.570. The lowest BCUT2D eigenvalue weighted by atomic mass is 10.2. The summed E-state index contributed by atoms with van der Waals surface area (Å²) in [4.78, 5) is 11.3. The Morgan fingerprint density at radius 2 is 2.50 bits per heavy atom. The van der Waals surface area contributed by atoms with Crippen LogP contribution >= 0.6 is 0 Å². The summed E-state index contributed by atoms with van der Waals surface area (Å²) < 4.78 is 0. The monoisotopic (exact) mass is 170 g/mol. The molecule has 1 saturated heterocycles. The van der Waals surface area contributed by atoms with Crippen LogP contribution in [0.25, 0.3) is 0 Å². The minimum absolute atomic E-state index is 0.0851. The maximum absolute atomic E-state index is 11.3. The number of carbonyl (C=O) groups is 1. The Balaban J connectivity index is 2.10. The summed E-state index contributed by atoms with van der Waals surface area (Å²) in [6, 6.07) is 0.0851. The van der Waals surface area contributed by atoms with E-state index in [2.05, 4.69) is 17.6 Å². The largest absolute Gasteiger partial charge is 0.355 e. The quantitative estimate of drug-likeness (QED) is 0.608. The van der Waals surface area contributed by atoms with Crippen LogP contribution < -0.4 is 10.6 Å². The van der Waals surface area contributed by atoms with Gasteiger partial charge in [-0.2, -0.15) is 0 Å². The molecule has 0 aromatic rings. The number of amides is 1. The van der Waals surface area contributed by atoms with Crippen LogP contribution in [-0.4, -0.2) is 25.0 Å². The van der Waals surface area contributed by atoms with Crippen molar-refractivity contribution in [1.82, 2.24) is 10.6 Å². The summed E-state index contributed by atoms with van der Waals surface area (Å²) in [5.74, 6) is 0.181. The van der Waals surface area contributed by atoms with Gasteiger partial charge in [0.05, 0.1) is 6.04 Å². The van der Waals surface area contributed by atoms with E-state index < -0.39 is 0 Å². The fraction of sp³-hybridized carbons (Fsp3) is 0.889. The highest BCUT2D eigenvalue weighted by Crippen LogP contribution is 2.04. The second-order valence-electron chi connectivity index (χ2n) is 3.29. The first-order valence-electron chi connectivity index (χ1n) is 4.85. The minimum atomic E-state index is 0.0851. The molecule has 3 heteroatoms. The number of carbonyl (C=O) groups excluding carboxylic acids is 1. The van der Waals surface area contributed by atoms with Crippen LogP contribution in [0, 0.1) is 0 Å². The predicted molar refractivity (Wildman–Crippen MR) is 48.9 cm³/mol. The zero-order chi connectivity index (χ0) is 8.81. The molecule has 1 heterocycles. The van der Waals surface area contributed by atoms with Gasteiger partial charge in [0.15, 0.2) is 0 Å². The van der Waals surface area contributed by atoms with E-state index >= 15 is 0 Å². The average Bonchev–Trinajstić information content (AvgIpc) is 2.56. The van der Waals surface area contributed by atoms with Crippen molar-refractivity contribution in [1.29, 1.82) is 0 Å². The molecule has 0 aromatic heterocycles. The molecule has 1 aliphatic heterocycles. The first-order valence-corrected chi connectivity index (χ1v) is 4.85. The molecule has 1 atom stereocenters. The van der Waals surface area contributed by atoms with Crippen molar-refractivity contribution < 1.29 is 4.79 Å². The standard InChI is InChI=1S/C9H18N2O/c1-2-3-6-11-9(12)8-5-4-7-10-8/h8,10H,2-7H2,1H3,(H,11,12)/t8-/m0/s1. The fourth-order valence-electron chi connectivity index (χ4n) is 1.42. The lowest BCUT2D eigenvalue weighted by Crippen LogP contribution is -2.40. The molecular formula is C9H18N2O. The third-order valence-electron chi connectivity index (χ3n) is 2.21. The van der Waals surface area contributed by atoms with Gasteiger partial charge in [0, 0.05) is 6.54 Å². The van der Waals surface area contributed by atoms with Crippen LogP contribution in [0.5, 0.6) is 0 Å². The number of unbranched alkanes of at least 4 members (excludes halogenated alkanes) is 1. The van der Waals surface area contributed by atoms with Gasteiger partial charge in [0.25, 0.3) is 0 Å². The van der Waals surface area contributed by atoms with Crippen LogP contribution in [0.1, 0.15) is 32.6 Å². The van der Waals surface area contributed by atoms with E-state index in [4.69, 9.17) is 0 Å². The molecular weight excluding hydrogens is 152 g/mol. The highest BCUT2D eigenvalue weighted by atomic mass is 16.2. The van der Waals surface area contributed by atoms with Crippen molar-refractivity contribution in [3.8, 4) is 0 Å². The van der Waals surface area contributed by atoms with Crippen molar-refractivity contribution in [2.75, 3.05) is 13.1 Å². The third-order valence-corrected chi connectivity index (χ3v) is 2.21. The molecule has 3 nitrogen and oxygen atoms in total. The Bertz CT molecular complexity index is 141. The average molecular weight is 170 g/mol. The Morgan fingerprint density at radius 1 is 1.67 bits per heavy atom. The number of nitrogens with one attached hydrogen (secondary N) is 2. The minimum Gasteiger partial charge on any atom is -0.355 e. The van der Waals surface area contributed by atoms with Crippen molar-refractivity contribution in [2.24, 2.45) is 0 Å². The zero-order valence-electron chi connectivity index (χ0n) is 7.73. The number of hydrogen-bond acceptors (Lipinski definition) is 2. The summed E-state index contributed by atoms with van der Waals surface area (Å²) in [6.45, 7) is 3.94. The summed E-state index contributed by atoms with van der Waals surface area (Å²) in [7, 11) is 0. The van der Waals surface area contributed by atoms with E-state index in [9.17, 15) is 4.79 Å². The van der Waals surface area contributed by atoms with Gasteiger partial charge in [0.1, 0.15) is 0 Å². The van der Waals surface area contributed by atoms with E-state index in [0.29, 0.717) is 0 Å². The van der Waals surface area contributed by atoms with Gasteiger partial charge in [-0.1, -0.05) is 13.3 Å². The Morgan fingerprint density at radius 3 is 3.08 bits per heavy atom. The van der Waals surface area contributed by atoms with E-state index in [1.54, 1.807) is 0 Å². The van der Waals surface area contributed by atoms with Crippen LogP contribution in [0.2, 0.25) is 0 Å². The topological polar surface area (TPSA) is 41.1 Å². The second-order valence-corrected chi connectivity index (χ2v) is 3.29. The maximum atomic E-state index is 11.3. The van der Waals surface area contributed by atoms with Gasteiger partial charge in [-0.25, -0.2) is 0 Å². The van der Waals surface area contributed by atoms with Crippen molar-refractivity contribution in [3.05, 3.63) is 0 Å². The van der Waals surface area contributed by atoms with Gasteiger partial charge in [-0.15, -0.1) is 0 Å². The first kappa shape index (κ1) is 9.52. The lowest BCUT2D eigenvalue weighted by Gasteiger charge is -2.09. The molecule has 1 aliphatic rings. The molecule has 1 rings (SSSR count). The van der Waals surface area contributed by atoms with Gasteiger partial charge in [0.2, 0.25) is 5.91 Å². The second kappa shape index (κ2) is 5.14. The summed E-state index contributed by atoms with van der Waals surface area (Å²) in [6.07, 6.45) is 4.35. The normalized spacial score (nSPS) is 22.6. The smallest absolute Gasteiger partial charge is 0.237 e. The molecule has 1 amide bonds. The van der Waals surface area contributed by atoms with Gasteiger partial charge in [-0.3, -0.25) is 4.79 Å². The lowest BCUT2D eigenvalue weighted by molar-refractivity contribution is -0.122. The molecule has 2 N–H and O–H groups in total. The van der Waals surface area contributed by atoms with Gasteiger partial charge >= 0.3 is 0 Å². The van der Waals surface area contributed by atoms with E-state index in [1.165, 1.54) is 0 Å². The Kier molecular flexibility index (Phi) is 4.08. The first-order chi connectivity index (χ1) is 5.84. The number of rotatable bonds is 4. The molecule has 0 aromatic carbocycles. The molecule has 12 heavy (non-hydrogen) atoms. The van der Waals surface area contributed by atoms with Crippen molar-refractivity contribution in [3.63, 3.8) is 0 Å². The molecule has 0 spiro atoms. The van der Waals surface area contributed by atoms with E-state index in [-0.39, 0.29) is 11.9 Å². The molecule has 0 saturated carbocycles. The van der Waals surface area contributed by atoms with Gasteiger partial charge < -0.3 is 10.6 Å². The third kappa shape index (κ3) is 2.81. The predicted octanol–water partition coefficient (Wildman–Crippen LogP) is 0.655. The highest BCUT2D eigenvalue weighted by Gasteiger charge is 2.20. The Labute approximate surface area is 73.9 Å². The SMILES string of the molecule is CCCCNC(=O)[C@@H]1CCCN1. The van der Waals surface area contributed by atoms with Crippen molar-refractivity contribution in [2.45, 2.75) is 38.6 Å². The number of hydrogen-bond donors (Lipinski definition) is 2. The molecule has 70 valence electrons. The van der Waals surface area contributed by atoms with Crippen molar-refractivity contribution >= 4 is 5.91 Å². The molecule has 0 unspecified atom stereocenters.